The Hall–Kier alpha value is -1.28. The lowest BCUT2D eigenvalue weighted by molar-refractivity contribution is 0.112. The number of halogens is 1. The Morgan fingerprint density at radius 2 is 2.13 bits per heavy atom. The largest absolute Gasteiger partial charge is 0.358 e. The van der Waals surface area contributed by atoms with Crippen LogP contribution in [0.3, 0.4) is 0 Å². The summed E-state index contributed by atoms with van der Waals surface area (Å²) in [5, 5.41) is 1.62. The van der Waals surface area contributed by atoms with Crippen molar-refractivity contribution in [2.75, 3.05) is 0 Å². The lowest BCUT2D eigenvalue weighted by Crippen LogP contribution is -1.92. The topological polar surface area (TPSA) is 32.9 Å². The number of nitrogens with one attached hydrogen (secondary N) is 1. The number of carbonyl (C=O) groups is 1. The molecule has 1 N–H and O–H groups in total. The molecule has 0 aliphatic rings. The molecule has 78 valence electrons. The molecular weight excluding hydrogens is 210 g/mol. The smallest absolute Gasteiger partial charge is 0.152 e. The minimum Gasteiger partial charge on any atom is -0.358 e. The number of aldehydes is 1. The summed E-state index contributed by atoms with van der Waals surface area (Å²) in [6, 6.07) is 5.52. The number of benzene rings is 1. The number of hydrogen-bond donors (Lipinski definition) is 1. The van der Waals surface area contributed by atoms with E-state index in [4.69, 9.17) is 11.6 Å². The van der Waals surface area contributed by atoms with Crippen LogP contribution in [0.1, 0.15) is 35.8 Å². The van der Waals surface area contributed by atoms with Crippen molar-refractivity contribution in [1.82, 2.24) is 4.98 Å². The van der Waals surface area contributed by atoms with Crippen LogP contribution in [0.25, 0.3) is 10.9 Å². The van der Waals surface area contributed by atoms with Gasteiger partial charge in [0.05, 0.1) is 0 Å². The molecule has 0 aliphatic heterocycles. The van der Waals surface area contributed by atoms with Gasteiger partial charge in [0.2, 0.25) is 0 Å². The molecule has 2 rings (SSSR count). The van der Waals surface area contributed by atoms with Gasteiger partial charge in [-0.05, 0) is 18.1 Å². The lowest BCUT2D eigenvalue weighted by Gasteiger charge is -2.01. The Bertz CT molecular complexity index is 514. The van der Waals surface area contributed by atoms with Gasteiger partial charge < -0.3 is 4.98 Å². The monoisotopic (exact) mass is 221 g/mol. The first kappa shape index (κ1) is 10.2. The van der Waals surface area contributed by atoms with Crippen LogP contribution in [-0.2, 0) is 0 Å². The molecule has 0 fully saturated rings. The molecule has 0 bridgehead atoms. The molecule has 0 saturated heterocycles. The Morgan fingerprint density at radius 3 is 2.73 bits per heavy atom. The second-order valence-corrected chi connectivity index (χ2v) is 4.35. The van der Waals surface area contributed by atoms with Crippen molar-refractivity contribution < 1.29 is 4.79 Å². The van der Waals surface area contributed by atoms with E-state index in [0.717, 1.165) is 28.4 Å². The fourth-order valence-electron chi connectivity index (χ4n) is 1.79. The van der Waals surface area contributed by atoms with Crippen molar-refractivity contribution in [3.05, 3.63) is 34.5 Å². The van der Waals surface area contributed by atoms with E-state index < -0.39 is 0 Å². The van der Waals surface area contributed by atoms with Crippen LogP contribution < -0.4 is 0 Å². The van der Waals surface area contributed by atoms with Crippen LogP contribution in [0.15, 0.2) is 18.2 Å². The number of H-pyrrole nitrogens is 1. The van der Waals surface area contributed by atoms with E-state index in [1.807, 2.05) is 12.1 Å². The molecule has 0 atom stereocenters. The molecule has 3 heteroatoms. The molecule has 1 aromatic carbocycles. The highest BCUT2D eigenvalue weighted by molar-refractivity contribution is 6.31. The number of aromatic nitrogens is 1. The van der Waals surface area contributed by atoms with Crippen molar-refractivity contribution in [2.24, 2.45) is 0 Å². The minimum absolute atomic E-state index is 0.302. The summed E-state index contributed by atoms with van der Waals surface area (Å²) in [5.41, 5.74) is 2.65. The van der Waals surface area contributed by atoms with Gasteiger partial charge in [0.25, 0.3) is 0 Å². The zero-order valence-corrected chi connectivity index (χ0v) is 9.43. The van der Waals surface area contributed by atoms with E-state index in [-0.39, 0.29) is 0 Å². The number of rotatable bonds is 2. The first-order valence-corrected chi connectivity index (χ1v) is 5.27. The summed E-state index contributed by atoms with van der Waals surface area (Å²) in [7, 11) is 0. The fourth-order valence-corrected chi connectivity index (χ4v) is 1.97. The van der Waals surface area contributed by atoms with Gasteiger partial charge in [-0.25, -0.2) is 0 Å². The Labute approximate surface area is 93.2 Å². The molecular formula is C12H12ClNO. The van der Waals surface area contributed by atoms with E-state index in [9.17, 15) is 4.79 Å². The molecule has 15 heavy (non-hydrogen) atoms. The quantitative estimate of drug-likeness (QED) is 0.770. The highest BCUT2D eigenvalue weighted by Gasteiger charge is 2.13. The van der Waals surface area contributed by atoms with Crippen molar-refractivity contribution in [2.45, 2.75) is 19.8 Å². The fraction of sp³-hybridized carbons (Fsp3) is 0.250. The number of fused-ring (bicyclic) bond motifs is 1. The van der Waals surface area contributed by atoms with Gasteiger partial charge in [-0.2, -0.15) is 0 Å². The molecule has 1 heterocycles. The third-order valence-corrected chi connectivity index (χ3v) is 2.76. The van der Waals surface area contributed by atoms with Gasteiger partial charge in [-0.3, -0.25) is 4.79 Å². The van der Waals surface area contributed by atoms with Gasteiger partial charge in [-0.1, -0.05) is 31.5 Å². The summed E-state index contributed by atoms with van der Waals surface area (Å²) in [6.07, 6.45) is 0.905. The van der Waals surface area contributed by atoms with E-state index in [2.05, 4.69) is 18.8 Å². The standard InChI is InChI=1S/C12H12ClNO/c1-7(2)12-10(6-15)9-4-3-8(13)5-11(9)14-12/h3-7,14H,1-2H3. The third-order valence-electron chi connectivity index (χ3n) is 2.53. The molecule has 2 aromatic rings. The summed E-state index contributed by atoms with van der Waals surface area (Å²) in [5.74, 6) is 0.302. The van der Waals surface area contributed by atoms with Crippen LogP contribution in [0.2, 0.25) is 5.02 Å². The zero-order chi connectivity index (χ0) is 11.0. The van der Waals surface area contributed by atoms with E-state index in [1.165, 1.54) is 0 Å². The molecule has 0 amide bonds. The van der Waals surface area contributed by atoms with Crippen LogP contribution in [-0.4, -0.2) is 11.3 Å². The minimum atomic E-state index is 0.302. The number of hydrogen-bond acceptors (Lipinski definition) is 1. The van der Waals surface area contributed by atoms with Crippen LogP contribution in [0.5, 0.6) is 0 Å². The highest BCUT2D eigenvalue weighted by atomic mass is 35.5. The highest BCUT2D eigenvalue weighted by Crippen LogP contribution is 2.27. The first-order chi connectivity index (χ1) is 7.13. The number of aromatic amines is 1. The zero-order valence-electron chi connectivity index (χ0n) is 8.67. The second kappa shape index (κ2) is 3.70. The Balaban J connectivity index is 2.78. The van der Waals surface area contributed by atoms with E-state index in [1.54, 1.807) is 6.07 Å². The van der Waals surface area contributed by atoms with Crippen LogP contribution in [0.4, 0.5) is 0 Å². The maximum absolute atomic E-state index is 11.0. The molecule has 0 unspecified atom stereocenters. The van der Waals surface area contributed by atoms with E-state index in [0.29, 0.717) is 10.9 Å². The van der Waals surface area contributed by atoms with Gasteiger partial charge in [0.1, 0.15) is 0 Å². The van der Waals surface area contributed by atoms with Gasteiger partial charge in [0.15, 0.2) is 6.29 Å². The third kappa shape index (κ3) is 1.65. The van der Waals surface area contributed by atoms with Crippen molar-refractivity contribution in [3.63, 3.8) is 0 Å². The molecule has 0 aliphatic carbocycles. The SMILES string of the molecule is CC(C)c1[nH]c2cc(Cl)ccc2c1C=O. The van der Waals surface area contributed by atoms with Crippen LogP contribution in [0, 0.1) is 0 Å². The summed E-state index contributed by atoms with van der Waals surface area (Å²) >= 11 is 5.89. The second-order valence-electron chi connectivity index (χ2n) is 3.91. The Kier molecular flexibility index (Phi) is 2.53. The maximum Gasteiger partial charge on any atom is 0.152 e. The molecule has 0 saturated carbocycles. The lowest BCUT2D eigenvalue weighted by atomic mass is 10.0. The van der Waals surface area contributed by atoms with Gasteiger partial charge in [-0.15, -0.1) is 0 Å². The maximum atomic E-state index is 11.0. The van der Waals surface area contributed by atoms with Crippen LogP contribution >= 0.6 is 11.6 Å². The average Bonchev–Trinajstić information content (AvgIpc) is 2.55. The van der Waals surface area contributed by atoms with E-state index >= 15 is 0 Å². The summed E-state index contributed by atoms with van der Waals surface area (Å²) in [6.45, 7) is 4.11. The number of carbonyl (C=O) groups excluding carboxylic acids is 1. The average molecular weight is 222 g/mol. The molecule has 0 spiro atoms. The van der Waals surface area contributed by atoms with Gasteiger partial charge >= 0.3 is 0 Å². The Morgan fingerprint density at radius 1 is 1.40 bits per heavy atom. The molecule has 0 radical (unpaired) electrons. The normalized spacial score (nSPS) is 11.2. The first-order valence-electron chi connectivity index (χ1n) is 4.89. The predicted molar refractivity (Wildman–Crippen MR) is 62.8 cm³/mol. The molecule has 2 nitrogen and oxygen atoms in total. The van der Waals surface area contributed by atoms with Crippen molar-refractivity contribution in [1.29, 1.82) is 0 Å². The van der Waals surface area contributed by atoms with Gasteiger partial charge in [0, 0.05) is 27.2 Å². The summed E-state index contributed by atoms with van der Waals surface area (Å²) < 4.78 is 0. The van der Waals surface area contributed by atoms with Crippen molar-refractivity contribution >= 4 is 28.8 Å². The predicted octanol–water partition coefficient (Wildman–Crippen LogP) is 3.76. The van der Waals surface area contributed by atoms with Crippen molar-refractivity contribution in [3.8, 4) is 0 Å². The summed E-state index contributed by atoms with van der Waals surface area (Å²) in [4.78, 5) is 14.3. The molecule has 1 aromatic heterocycles.